The van der Waals surface area contributed by atoms with Crippen LogP contribution in [-0.4, -0.2) is 33.1 Å². The number of nitrogen functional groups attached to an aromatic ring is 1. The first-order valence-electron chi connectivity index (χ1n) is 11.0. The first-order chi connectivity index (χ1) is 14.6. The summed E-state index contributed by atoms with van der Waals surface area (Å²) >= 11 is 1.82. The van der Waals surface area contributed by atoms with Gasteiger partial charge < -0.3 is 10.8 Å². The Morgan fingerprint density at radius 2 is 2.07 bits per heavy atom. The molecular formula is C24H30N4OS. The Hall–Kier alpha value is -2.02. The number of nitrogens with two attached hydrogens (primary N) is 1. The zero-order valence-corrected chi connectivity index (χ0v) is 18.4. The largest absolute Gasteiger partial charge is 0.392 e. The number of thiophene rings is 1. The normalized spacial score (nSPS) is 23.9. The van der Waals surface area contributed by atoms with Crippen molar-refractivity contribution in [3.63, 3.8) is 0 Å². The van der Waals surface area contributed by atoms with Gasteiger partial charge in [-0.3, -0.25) is 4.90 Å². The first-order valence-corrected chi connectivity index (χ1v) is 11.9. The van der Waals surface area contributed by atoms with Gasteiger partial charge in [-0.1, -0.05) is 30.7 Å². The van der Waals surface area contributed by atoms with E-state index in [1.165, 1.54) is 48.1 Å². The highest BCUT2D eigenvalue weighted by Gasteiger charge is 2.37. The molecule has 3 aromatic rings. The number of benzene rings is 1. The SMILES string of the molecule is CN(Cc1cccc(CO)c1)[C@H]1CCCC(C2CCc3sc4ncnc(N)c4c32)C1. The molecule has 30 heavy (non-hydrogen) atoms. The van der Waals surface area contributed by atoms with E-state index in [4.69, 9.17) is 5.73 Å². The summed E-state index contributed by atoms with van der Waals surface area (Å²) in [4.78, 5) is 13.8. The number of fused-ring (bicyclic) bond motifs is 3. The molecule has 0 bridgehead atoms. The molecule has 0 radical (unpaired) electrons. The molecule has 0 spiro atoms. The summed E-state index contributed by atoms with van der Waals surface area (Å²) in [6.07, 6.45) is 9.09. The molecule has 1 saturated carbocycles. The maximum atomic E-state index is 9.43. The van der Waals surface area contributed by atoms with Gasteiger partial charge in [0.1, 0.15) is 17.0 Å². The summed E-state index contributed by atoms with van der Waals surface area (Å²) in [5.74, 6) is 1.95. The van der Waals surface area contributed by atoms with Crippen molar-refractivity contribution in [1.82, 2.24) is 14.9 Å². The summed E-state index contributed by atoms with van der Waals surface area (Å²) in [6.45, 7) is 1.04. The molecule has 6 heteroatoms. The maximum absolute atomic E-state index is 9.43. The summed E-state index contributed by atoms with van der Waals surface area (Å²) in [5, 5.41) is 10.6. The van der Waals surface area contributed by atoms with E-state index in [1.807, 2.05) is 23.5 Å². The second-order valence-corrected chi connectivity index (χ2v) is 10.1. The average Bonchev–Trinajstić information content (AvgIpc) is 3.33. The first kappa shape index (κ1) is 19.9. The van der Waals surface area contributed by atoms with E-state index in [0.29, 0.717) is 23.7 Å². The lowest BCUT2D eigenvalue weighted by Crippen LogP contribution is -2.36. The van der Waals surface area contributed by atoms with Crippen molar-refractivity contribution < 1.29 is 5.11 Å². The second kappa shape index (κ2) is 8.25. The average molecular weight is 423 g/mol. The van der Waals surface area contributed by atoms with Crippen LogP contribution in [0.5, 0.6) is 0 Å². The van der Waals surface area contributed by atoms with E-state index < -0.39 is 0 Å². The quantitative estimate of drug-likeness (QED) is 0.634. The molecular weight excluding hydrogens is 392 g/mol. The Bertz CT molecular complexity index is 1050. The third-order valence-electron chi connectivity index (χ3n) is 7.17. The highest BCUT2D eigenvalue weighted by Crippen LogP contribution is 2.51. The monoisotopic (exact) mass is 422 g/mol. The topological polar surface area (TPSA) is 75.3 Å². The third kappa shape index (κ3) is 3.61. The predicted octanol–water partition coefficient (Wildman–Crippen LogP) is 4.49. The van der Waals surface area contributed by atoms with Crippen LogP contribution in [0.4, 0.5) is 5.82 Å². The molecule has 1 aromatic carbocycles. The minimum atomic E-state index is 0.106. The van der Waals surface area contributed by atoms with Gasteiger partial charge in [-0.25, -0.2) is 9.97 Å². The van der Waals surface area contributed by atoms with Gasteiger partial charge in [0.25, 0.3) is 0 Å². The number of aromatic nitrogens is 2. The molecule has 2 aliphatic rings. The Morgan fingerprint density at radius 3 is 2.93 bits per heavy atom. The highest BCUT2D eigenvalue weighted by atomic mass is 32.1. The van der Waals surface area contributed by atoms with Crippen molar-refractivity contribution in [2.45, 2.75) is 63.6 Å². The minimum Gasteiger partial charge on any atom is -0.392 e. The Balaban J connectivity index is 1.34. The van der Waals surface area contributed by atoms with Gasteiger partial charge in [0.05, 0.1) is 12.0 Å². The fourth-order valence-corrected chi connectivity index (χ4v) is 6.95. The van der Waals surface area contributed by atoms with E-state index >= 15 is 0 Å². The Morgan fingerprint density at radius 1 is 1.20 bits per heavy atom. The van der Waals surface area contributed by atoms with E-state index in [9.17, 15) is 5.11 Å². The lowest BCUT2D eigenvalue weighted by molar-refractivity contribution is 0.139. The number of rotatable bonds is 5. The van der Waals surface area contributed by atoms with E-state index in [0.717, 1.165) is 28.7 Å². The van der Waals surface area contributed by atoms with Gasteiger partial charge in [-0.05, 0) is 67.7 Å². The lowest BCUT2D eigenvalue weighted by Gasteiger charge is -2.38. The van der Waals surface area contributed by atoms with Gasteiger partial charge in [0, 0.05) is 17.5 Å². The van der Waals surface area contributed by atoms with Crippen LogP contribution in [0.2, 0.25) is 0 Å². The van der Waals surface area contributed by atoms with E-state index in [2.05, 4.69) is 34.0 Å². The molecule has 0 amide bonds. The molecule has 3 atom stereocenters. The van der Waals surface area contributed by atoms with Crippen LogP contribution in [0.25, 0.3) is 10.2 Å². The summed E-state index contributed by atoms with van der Waals surface area (Å²) in [5.41, 5.74) is 10.0. The van der Waals surface area contributed by atoms with Crippen molar-refractivity contribution in [2.24, 2.45) is 5.92 Å². The summed E-state index contributed by atoms with van der Waals surface area (Å²) in [7, 11) is 2.25. The molecule has 5 nitrogen and oxygen atoms in total. The Kier molecular flexibility index (Phi) is 5.48. The van der Waals surface area contributed by atoms with Crippen LogP contribution in [-0.2, 0) is 19.6 Å². The number of aliphatic hydroxyl groups excluding tert-OH is 1. The van der Waals surface area contributed by atoms with Crippen LogP contribution >= 0.6 is 11.3 Å². The fourth-order valence-electron chi connectivity index (χ4n) is 5.71. The van der Waals surface area contributed by atoms with Crippen molar-refractivity contribution in [3.05, 3.63) is 52.2 Å². The fraction of sp³-hybridized carbons (Fsp3) is 0.500. The van der Waals surface area contributed by atoms with Crippen LogP contribution in [0.15, 0.2) is 30.6 Å². The van der Waals surface area contributed by atoms with Crippen molar-refractivity contribution in [1.29, 1.82) is 0 Å². The number of hydrogen-bond donors (Lipinski definition) is 2. The highest BCUT2D eigenvalue weighted by molar-refractivity contribution is 7.19. The van der Waals surface area contributed by atoms with Crippen LogP contribution in [0, 0.1) is 5.92 Å². The molecule has 5 rings (SSSR count). The van der Waals surface area contributed by atoms with Crippen LogP contribution in [0.3, 0.4) is 0 Å². The van der Waals surface area contributed by atoms with Crippen LogP contribution in [0.1, 0.15) is 59.6 Å². The van der Waals surface area contributed by atoms with Gasteiger partial charge in [0.15, 0.2) is 0 Å². The van der Waals surface area contributed by atoms with Gasteiger partial charge in [0.2, 0.25) is 0 Å². The van der Waals surface area contributed by atoms with Crippen molar-refractivity contribution in [2.75, 3.05) is 12.8 Å². The van der Waals surface area contributed by atoms with E-state index in [1.54, 1.807) is 6.33 Å². The zero-order chi connectivity index (χ0) is 20.7. The second-order valence-electron chi connectivity index (χ2n) is 9.00. The molecule has 1 fully saturated rings. The third-order valence-corrected chi connectivity index (χ3v) is 8.34. The number of aliphatic hydroxyl groups is 1. The van der Waals surface area contributed by atoms with Gasteiger partial charge in [-0.15, -0.1) is 11.3 Å². The molecule has 2 aromatic heterocycles. The smallest absolute Gasteiger partial charge is 0.135 e. The minimum absolute atomic E-state index is 0.106. The number of aryl methyl sites for hydroxylation is 1. The van der Waals surface area contributed by atoms with Crippen molar-refractivity contribution >= 4 is 27.4 Å². The molecule has 158 valence electrons. The molecule has 2 aliphatic carbocycles. The number of hydrogen-bond acceptors (Lipinski definition) is 6. The molecule has 2 heterocycles. The predicted molar refractivity (Wildman–Crippen MR) is 122 cm³/mol. The van der Waals surface area contributed by atoms with Crippen LogP contribution < -0.4 is 5.73 Å². The zero-order valence-electron chi connectivity index (χ0n) is 17.6. The molecule has 0 saturated heterocycles. The van der Waals surface area contributed by atoms with Gasteiger partial charge >= 0.3 is 0 Å². The summed E-state index contributed by atoms with van der Waals surface area (Å²) in [6, 6.07) is 8.93. The van der Waals surface area contributed by atoms with Crippen molar-refractivity contribution in [3.8, 4) is 0 Å². The molecule has 3 N–H and O–H groups in total. The number of nitrogens with zero attached hydrogens (tertiary/aromatic N) is 3. The molecule has 0 aliphatic heterocycles. The molecule has 2 unspecified atom stereocenters. The lowest BCUT2D eigenvalue weighted by atomic mass is 9.75. The standard InChI is InChI=1S/C24H30N4OS/c1-28(12-15-4-2-5-16(10-15)13-29)18-7-3-6-17(11-18)19-8-9-20-21(19)22-23(25)26-14-27-24(22)30-20/h2,4-5,10,14,17-19,29H,3,6-9,11-13H2,1H3,(H2,25,26,27)/t17?,18-,19?/m0/s1. The number of anilines is 1. The van der Waals surface area contributed by atoms with E-state index in [-0.39, 0.29) is 6.61 Å². The Labute approximate surface area is 182 Å². The maximum Gasteiger partial charge on any atom is 0.135 e. The van der Waals surface area contributed by atoms with Gasteiger partial charge in [-0.2, -0.15) is 0 Å². The summed E-state index contributed by atoms with van der Waals surface area (Å²) < 4.78 is 0.